The van der Waals surface area contributed by atoms with Gasteiger partial charge in [-0.2, -0.15) is 0 Å². The normalized spacial score (nSPS) is 10.7. The summed E-state index contributed by atoms with van der Waals surface area (Å²) in [4.78, 5) is 57.9. The molecule has 2 rings (SSSR count). The monoisotopic (exact) mass is 520 g/mol. The van der Waals surface area contributed by atoms with Gasteiger partial charge in [0.05, 0.1) is 53.8 Å². The highest BCUT2D eigenvalue weighted by Gasteiger charge is 2.40. The first-order valence-electron chi connectivity index (χ1n) is 7.92. The highest BCUT2D eigenvalue weighted by atomic mass is 32.3. The first-order valence-corrected chi connectivity index (χ1v) is 9.25. The molecule has 0 atom stereocenters. The van der Waals surface area contributed by atoms with Gasteiger partial charge < -0.3 is 8.37 Å². The van der Waals surface area contributed by atoms with Crippen LogP contribution in [0.25, 0.3) is 0 Å². The van der Waals surface area contributed by atoms with E-state index in [9.17, 15) is 69.1 Å². The summed E-state index contributed by atoms with van der Waals surface area (Å²) in [7, 11) is -5.94. The third kappa shape index (κ3) is 5.42. The molecule has 0 aliphatic heterocycles. The van der Waals surface area contributed by atoms with Crippen molar-refractivity contribution in [2.24, 2.45) is 0 Å². The molecule has 2 aromatic carbocycles. The molecule has 0 bridgehead atoms. The Morgan fingerprint density at radius 1 is 0.486 bits per heavy atom. The van der Waals surface area contributed by atoms with Gasteiger partial charge in [0.15, 0.2) is 0 Å². The van der Waals surface area contributed by atoms with E-state index in [2.05, 4.69) is 8.37 Å². The molecule has 0 spiro atoms. The number of nitro benzene ring substituents is 6. The third-order valence-electron chi connectivity index (χ3n) is 3.65. The lowest BCUT2D eigenvalue weighted by atomic mass is 10.2. The zero-order valence-electron chi connectivity index (χ0n) is 15.9. The minimum absolute atomic E-state index is 0.0780. The molecule has 184 valence electrons. The minimum atomic E-state index is -5.94. The van der Waals surface area contributed by atoms with Crippen molar-refractivity contribution in [2.75, 3.05) is 0 Å². The molecule has 0 saturated carbocycles. The molecule has 0 heterocycles. The van der Waals surface area contributed by atoms with E-state index >= 15 is 0 Å². The fourth-order valence-electron chi connectivity index (χ4n) is 2.31. The first kappa shape index (κ1) is 25.6. The van der Waals surface area contributed by atoms with Gasteiger partial charge in [0.25, 0.3) is 11.4 Å². The molecule has 0 saturated heterocycles. The SMILES string of the molecule is O=[N+]([O-])c1cc([N+](=O)[O-])c(OS(=O)(=O)Oc2c([N+](=O)[O-])cc([N+](=O)[O-])cc2[N+](=O)[O-])c([N+](=O)[O-])c1. The number of hydrogen-bond donors (Lipinski definition) is 0. The molecular formula is C12H4N6O16S. The van der Waals surface area contributed by atoms with Crippen molar-refractivity contribution in [1.82, 2.24) is 0 Å². The Morgan fingerprint density at radius 3 is 0.886 bits per heavy atom. The number of nitrogens with zero attached hydrogens (tertiary/aromatic N) is 6. The van der Waals surface area contributed by atoms with E-state index in [0.717, 1.165) is 0 Å². The Morgan fingerprint density at radius 2 is 0.714 bits per heavy atom. The average molecular weight is 520 g/mol. The second kappa shape index (κ2) is 9.10. The van der Waals surface area contributed by atoms with E-state index in [1.807, 2.05) is 0 Å². The molecule has 0 fully saturated rings. The Labute approximate surface area is 188 Å². The van der Waals surface area contributed by atoms with Gasteiger partial charge in [-0.15, -0.1) is 8.42 Å². The lowest BCUT2D eigenvalue weighted by Gasteiger charge is -2.09. The lowest BCUT2D eigenvalue weighted by Crippen LogP contribution is -2.19. The predicted molar refractivity (Wildman–Crippen MR) is 103 cm³/mol. The molecule has 2 aromatic rings. The Balaban J connectivity index is 2.74. The van der Waals surface area contributed by atoms with Crippen LogP contribution in [0.5, 0.6) is 11.5 Å². The van der Waals surface area contributed by atoms with Crippen LogP contribution in [0.2, 0.25) is 0 Å². The van der Waals surface area contributed by atoms with Crippen molar-refractivity contribution in [2.45, 2.75) is 0 Å². The summed E-state index contributed by atoms with van der Waals surface area (Å²) >= 11 is 0. The van der Waals surface area contributed by atoms with Crippen LogP contribution in [0, 0.1) is 60.7 Å². The molecule has 0 aliphatic rings. The van der Waals surface area contributed by atoms with Crippen LogP contribution in [0.15, 0.2) is 24.3 Å². The van der Waals surface area contributed by atoms with E-state index in [4.69, 9.17) is 0 Å². The van der Waals surface area contributed by atoms with Crippen LogP contribution in [-0.2, 0) is 10.4 Å². The second-order valence-corrected chi connectivity index (χ2v) is 6.89. The molecule has 0 N–H and O–H groups in total. The molecule has 0 unspecified atom stereocenters. The summed E-state index contributed by atoms with van der Waals surface area (Å²) in [6.07, 6.45) is 0. The van der Waals surface area contributed by atoms with E-state index < -0.39 is 85.6 Å². The Hall–Kier alpha value is -5.61. The maximum Gasteiger partial charge on any atom is 0.501 e. The van der Waals surface area contributed by atoms with Crippen molar-refractivity contribution >= 4 is 44.5 Å². The lowest BCUT2D eigenvalue weighted by molar-refractivity contribution is -0.404. The maximum atomic E-state index is 12.3. The van der Waals surface area contributed by atoms with Crippen molar-refractivity contribution < 1.29 is 46.3 Å². The van der Waals surface area contributed by atoms with Crippen molar-refractivity contribution in [3.8, 4) is 11.5 Å². The quantitative estimate of drug-likeness (QED) is 0.318. The van der Waals surface area contributed by atoms with Crippen molar-refractivity contribution in [3.63, 3.8) is 0 Å². The molecule has 0 radical (unpaired) electrons. The van der Waals surface area contributed by atoms with E-state index in [-0.39, 0.29) is 24.3 Å². The number of rotatable bonds is 10. The Bertz CT molecular complexity index is 1260. The van der Waals surface area contributed by atoms with Crippen LogP contribution in [0.1, 0.15) is 0 Å². The summed E-state index contributed by atoms with van der Waals surface area (Å²) < 4.78 is 32.9. The predicted octanol–water partition coefficient (Wildman–Crippen LogP) is 1.84. The van der Waals surface area contributed by atoms with Gasteiger partial charge in [-0.25, -0.2) is 0 Å². The smallest absolute Gasteiger partial charge is 0.338 e. The number of non-ortho nitro benzene ring substituents is 2. The van der Waals surface area contributed by atoms with Crippen LogP contribution >= 0.6 is 0 Å². The highest BCUT2D eigenvalue weighted by Crippen LogP contribution is 2.44. The maximum absolute atomic E-state index is 12.3. The number of nitro groups is 6. The molecule has 0 amide bonds. The summed E-state index contributed by atoms with van der Waals surface area (Å²) in [5.74, 6) is -3.50. The standard InChI is InChI=1S/C12H4N6O16S/c19-13(20)5-1-7(15(23)24)11(8(2-5)16(25)26)33-35(31,32)34-12-9(17(27)28)3-6(14(21)22)4-10(12)18(29)30/h1-4H. The molecule has 23 heteroatoms. The van der Waals surface area contributed by atoms with Gasteiger partial charge >= 0.3 is 44.6 Å². The van der Waals surface area contributed by atoms with Gasteiger partial charge in [-0.05, 0) is 0 Å². The summed E-state index contributed by atoms with van der Waals surface area (Å²) in [5, 5.41) is 66.6. The fourth-order valence-corrected chi connectivity index (χ4v) is 3.10. The number of benzene rings is 2. The number of hydrogen-bond acceptors (Lipinski definition) is 16. The van der Waals surface area contributed by atoms with E-state index in [1.54, 1.807) is 0 Å². The minimum Gasteiger partial charge on any atom is -0.338 e. The zero-order chi connectivity index (χ0) is 26.8. The van der Waals surface area contributed by atoms with Crippen LogP contribution in [-0.4, -0.2) is 38.0 Å². The van der Waals surface area contributed by atoms with E-state index in [0.29, 0.717) is 0 Å². The molecule has 35 heavy (non-hydrogen) atoms. The van der Waals surface area contributed by atoms with Gasteiger partial charge in [-0.3, -0.25) is 60.7 Å². The zero-order valence-corrected chi connectivity index (χ0v) is 16.7. The van der Waals surface area contributed by atoms with Crippen LogP contribution in [0.3, 0.4) is 0 Å². The second-order valence-electron chi connectivity index (χ2n) is 5.74. The molecule has 0 aromatic heterocycles. The molecular weight excluding hydrogens is 516 g/mol. The first-order chi connectivity index (χ1) is 16.1. The van der Waals surface area contributed by atoms with Crippen LogP contribution < -0.4 is 8.37 Å². The largest absolute Gasteiger partial charge is 0.501 e. The Kier molecular flexibility index (Phi) is 6.67. The van der Waals surface area contributed by atoms with Gasteiger partial charge in [0, 0.05) is 0 Å². The highest BCUT2D eigenvalue weighted by molar-refractivity contribution is 7.82. The summed E-state index contributed by atoms with van der Waals surface area (Å²) in [6.45, 7) is 0. The fraction of sp³-hybridized carbons (Fsp3) is 0. The van der Waals surface area contributed by atoms with Gasteiger partial charge in [-0.1, -0.05) is 0 Å². The van der Waals surface area contributed by atoms with Gasteiger partial charge in [0.1, 0.15) is 0 Å². The van der Waals surface area contributed by atoms with Crippen molar-refractivity contribution in [1.29, 1.82) is 0 Å². The molecule has 0 aliphatic carbocycles. The van der Waals surface area contributed by atoms with Gasteiger partial charge in [0.2, 0.25) is 0 Å². The topological polar surface area (TPSA) is 311 Å². The summed E-state index contributed by atoms with van der Waals surface area (Å²) in [5.41, 5.74) is -8.99. The van der Waals surface area contributed by atoms with Crippen molar-refractivity contribution in [3.05, 3.63) is 85.0 Å². The average Bonchev–Trinajstić information content (AvgIpc) is 2.72. The summed E-state index contributed by atoms with van der Waals surface area (Å²) in [6, 6.07) is 0.312. The molecule has 22 nitrogen and oxygen atoms in total. The third-order valence-corrected chi connectivity index (χ3v) is 4.39. The van der Waals surface area contributed by atoms with Crippen LogP contribution in [0.4, 0.5) is 34.1 Å². The van der Waals surface area contributed by atoms with E-state index in [1.165, 1.54) is 0 Å².